The van der Waals surface area contributed by atoms with Crippen molar-refractivity contribution in [1.29, 1.82) is 0 Å². The van der Waals surface area contributed by atoms with E-state index in [1.165, 1.54) is 14.2 Å². The first-order chi connectivity index (χ1) is 12.4. The van der Waals surface area contributed by atoms with Gasteiger partial charge < -0.3 is 20.7 Å². The van der Waals surface area contributed by atoms with Crippen LogP contribution in [-0.4, -0.2) is 55.9 Å². The van der Waals surface area contributed by atoms with Crippen molar-refractivity contribution < 1.29 is 23.9 Å². The van der Waals surface area contributed by atoms with E-state index < -0.39 is 29.9 Å². The number of hydrogen-bond donors (Lipinski definition) is 3. The number of carbonyl (C=O) groups is 4. The van der Waals surface area contributed by atoms with Gasteiger partial charge in [-0.05, 0) is 24.1 Å². The van der Waals surface area contributed by atoms with Gasteiger partial charge in [-0.1, -0.05) is 19.1 Å². The van der Waals surface area contributed by atoms with Gasteiger partial charge in [0.1, 0.15) is 17.8 Å². The molecular formula is C17H22N4O5. The Balaban J connectivity index is 2.16. The van der Waals surface area contributed by atoms with E-state index in [-0.39, 0.29) is 12.5 Å². The van der Waals surface area contributed by atoms with Crippen LogP contribution >= 0.6 is 0 Å². The molecule has 3 N–H and O–H groups in total. The van der Waals surface area contributed by atoms with E-state index >= 15 is 0 Å². The van der Waals surface area contributed by atoms with Crippen molar-refractivity contribution >= 4 is 23.8 Å². The Morgan fingerprint density at radius 1 is 1.19 bits per heavy atom. The van der Waals surface area contributed by atoms with E-state index in [1.807, 2.05) is 0 Å². The Labute approximate surface area is 151 Å². The Morgan fingerprint density at radius 2 is 1.85 bits per heavy atom. The van der Waals surface area contributed by atoms with Crippen molar-refractivity contribution in [2.24, 2.45) is 0 Å². The number of amides is 5. The fourth-order valence-electron chi connectivity index (χ4n) is 2.75. The summed E-state index contributed by atoms with van der Waals surface area (Å²) in [6.45, 7) is 1.09. The van der Waals surface area contributed by atoms with Gasteiger partial charge in [-0.15, -0.1) is 0 Å². The lowest BCUT2D eigenvalue weighted by molar-refractivity contribution is -0.135. The molecule has 0 spiro atoms. The molecule has 0 radical (unpaired) electrons. The smallest absolute Gasteiger partial charge is 0.325 e. The summed E-state index contributed by atoms with van der Waals surface area (Å²) in [5.41, 5.74) is -0.628. The maximum atomic E-state index is 12.9. The van der Waals surface area contributed by atoms with Crippen molar-refractivity contribution in [1.82, 2.24) is 20.9 Å². The van der Waals surface area contributed by atoms with E-state index in [9.17, 15) is 19.2 Å². The van der Waals surface area contributed by atoms with Gasteiger partial charge >= 0.3 is 6.03 Å². The highest BCUT2D eigenvalue weighted by Crippen LogP contribution is 2.33. The standard InChI is InChI=1S/C17H22N4O5/c1-4-17(11-5-7-12(26-3)8-6-11)15(24)21(16(25)20-17)10-14(23)19-9-13(22)18-2/h5-8H,4,9-10H2,1-3H3,(H,18,22)(H,19,23)(H,20,25)/t17-/m0/s1. The van der Waals surface area contributed by atoms with Gasteiger partial charge in [0.25, 0.3) is 5.91 Å². The van der Waals surface area contributed by atoms with Gasteiger partial charge in [-0.2, -0.15) is 0 Å². The highest BCUT2D eigenvalue weighted by molar-refractivity contribution is 6.09. The third-order valence-corrected chi connectivity index (χ3v) is 4.32. The Kier molecular flexibility index (Phi) is 5.81. The molecule has 0 saturated carbocycles. The minimum atomic E-state index is -1.23. The lowest BCUT2D eigenvalue weighted by Crippen LogP contribution is -2.45. The number of urea groups is 1. The van der Waals surface area contributed by atoms with E-state index in [0.29, 0.717) is 17.7 Å². The van der Waals surface area contributed by atoms with Crippen LogP contribution in [0.2, 0.25) is 0 Å². The molecule has 2 rings (SSSR count). The van der Waals surface area contributed by atoms with Gasteiger partial charge in [0, 0.05) is 7.05 Å². The summed E-state index contributed by atoms with van der Waals surface area (Å²) in [5, 5.41) is 7.41. The van der Waals surface area contributed by atoms with Crippen LogP contribution in [0.3, 0.4) is 0 Å². The van der Waals surface area contributed by atoms with Gasteiger partial charge in [0.2, 0.25) is 11.8 Å². The summed E-state index contributed by atoms with van der Waals surface area (Å²) < 4.78 is 5.11. The maximum Gasteiger partial charge on any atom is 0.325 e. The number of hydrogen-bond acceptors (Lipinski definition) is 5. The molecule has 0 unspecified atom stereocenters. The second-order valence-electron chi connectivity index (χ2n) is 5.76. The molecule has 1 aromatic rings. The first kappa shape index (κ1) is 19.2. The second kappa shape index (κ2) is 7.85. The number of nitrogens with one attached hydrogen (secondary N) is 3. The van der Waals surface area contributed by atoms with Crippen LogP contribution < -0.4 is 20.7 Å². The number of nitrogens with zero attached hydrogens (tertiary/aromatic N) is 1. The molecule has 9 heteroatoms. The molecule has 1 atom stereocenters. The SMILES string of the molecule is CC[C@@]1(c2ccc(OC)cc2)NC(=O)N(CC(=O)NCC(=O)NC)C1=O. The number of likely N-dealkylation sites (N-methyl/N-ethyl adjacent to an activating group) is 1. The van der Waals surface area contributed by atoms with Gasteiger partial charge in [-0.3, -0.25) is 19.3 Å². The predicted molar refractivity (Wildman–Crippen MR) is 92.3 cm³/mol. The first-order valence-corrected chi connectivity index (χ1v) is 8.13. The highest BCUT2D eigenvalue weighted by Gasteiger charge is 2.51. The molecule has 1 fully saturated rings. The summed E-state index contributed by atoms with van der Waals surface area (Å²) >= 11 is 0. The third kappa shape index (κ3) is 3.61. The largest absolute Gasteiger partial charge is 0.497 e. The van der Waals surface area contributed by atoms with E-state index in [2.05, 4.69) is 16.0 Å². The number of benzene rings is 1. The normalized spacial score (nSPS) is 19.1. The van der Waals surface area contributed by atoms with E-state index in [1.54, 1.807) is 31.2 Å². The highest BCUT2D eigenvalue weighted by atomic mass is 16.5. The topological polar surface area (TPSA) is 117 Å². The van der Waals surface area contributed by atoms with Crippen LogP contribution in [0.4, 0.5) is 4.79 Å². The lowest BCUT2D eigenvalue weighted by Gasteiger charge is -2.25. The average Bonchev–Trinajstić information content (AvgIpc) is 2.91. The fraction of sp³-hybridized carbons (Fsp3) is 0.412. The van der Waals surface area contributed by atoms with Gasteiger partial charge in [-0.25, -0.2) is 4.79 Å². The van der Waals surface area contributed by atoms with Crippen LogP contribution in [0.15, 0.2) is 24.3 Å². The first-order valence-electron chi connectivity index (χ1n) is 8.13. The molecule has 1 aliphatic heterocycles. The molecule has 0 aromatic heterocycles. The van der Waals surface area contributed by atoms with Gasteiger partial charge in [0.15, 0.2) is 0 Å². The van der Waals surface area contributed by atoms with E-state index in [4.69, 9.17) is 4.74 Å². The number of rotatable bonds is 7. The van der Waals surface area contributed by atoms with Crippen molar-refractivity contribution in [2.45, 2.75) is 18.9 Å². The molecule has 5 amide bonds. The molecular weight excluding hydrogens is 340 g/mol. The lowest BCUT2D eigenvalue weighted by atomic mass is 9.87. The molecule has 1 aliphatic rings. The second-order valence-corrected chi connectivity index (χ2v) is 5.76. The fourth-order valence-corrected chi connectivity index (χ4v) is 2.75. The number of imide groups is 1. The average molecular weight is 362 g/mol. The number of carbonyl (C=O) groups excluding carboxylic acids is 4. The summed E-state index contributed by atoms with van der Waals surface area (Å²) in [6.07, 6.45) is 0.320. The van der Waals surface area contributed by atoms with Crippen LogP contribution in [-0.2, 0) is 19.9 Å². The maximum absolute atomic E-state index is 12.9. The third-order valence-electron chi connectivity index (χ3n) is 4.32. The van der Waals surface area contributed by atoms with Crippen LogP contribution in [0.5, 0.6) is 5.75 Å². The molecule has 9 nitrogen and oxygen atoms in total. The zero-order chi connectivity index (χ0) is 19.3. The molecule has 1 saturated heterocycles. The van der Waals surface area contributed by atoms with E-state index in [0.717, 1.165) is 4.90 Å². The predicted octanol–water partition coefficient (Wildman–Crippen LogP) is -0.285. The molecule has 1 heterocycles. The molecule has 0 bridgehead atoms. The summed E-state index contributed by atoms with van der Waals surface area (Å²) in [7, 11) is 2.97. The minimum Gasteiger partial charge on any atom is -0.497 e. The Morgan fingerprint density at radius 3 is 2.38 bits per heavy atom. The van der Waals surface area contributed by atoms with Crippen molar-refractivity contribution in [3.05, 3.63) is 29.8 Å². The summed E-state index contributed by atoms with van der Waals surface area (Å²) in [4.78, 5) is 49.2. The monoisotopic (exact) mass is 362 g/mol. The van der Waals surface area contributed by atoms with Crippen molar-refractivity contribution in [3.8, 4) is 5.75 Å². The zero-order valence-electron chi connectivity index (χ0n) is 14.9. The quantitative estimate of drug-likeness (QED) is 0.577. The number of methoxy groups -OCH3 is 1. The van der Waals surface area contributed by atoms with Crippen LogP contribution in [0, 0.1) is 0 Å². The van der Waals surface area contributed by atoms with Gasteiger partial charge in [0.05, 0.1) is 13.7 Å². The molecule has 140 valence electrons. The number of ether oxygens (including phenoxy) is 1. The van der Waals surface area contributed by atoms with Crippen LogP contribution in [0.25, 0.3) is 0 Å². The molecule has 0 aliphatic carbocycles. The van der Waals surface area contributed by atoms with Crippen molar-refractivity contribution in [2.75, 3.05) is 27.2 Å². The summed E-state index contributed by atoms with van der Waals surface area (Å²) in [5.74, 6) is -0.858. The summed E-state index contributed by atoms with van der Waals surface area (Å²) in [6, 6.07) is 6.16. The van der Waals surface area contributed by atoms with Crippen LogP contribution in [0.1, 0.15) is 18.9 Å². The van der Waals surface area contributed by atoms with Crippen molar-refractivity contribution in [3.63, 3.8) is 0 Å². The molecule has 26 heavy (non-hydrogen) atoms. The zero-order valence-corrected chi connectivity index (χ0v) is 14.9. The Bertz CT molecular complexity index is 718. The Hall–Kier alpha value is -3.10. The minimum absolute atomic E-state index is 0.226. The molecule has 1 aromatic carbocycles.